The van der Waals surface area contributed by atoms with Crippen LogP contribution >= 0.6 is 0 Å². The van der Waals surface area contributed by atoms with E-state index in [4.69, 9.17) is 19.8 Å². The van der Waals surface area contributed by atoms with Gasteiger partial charge in [-0.1, -0.05) is 45.9 Å². The van der Waals surface area contributed by atoms with Crippen LogP contribution in [0.2, 0.25) is 0 Å². The summed E-state index contributed by atoms with van der Waals surface area (Å²) in [4.78, 5) is 30.7. The molecule has 1 aromatic rings. The van der Waals surface area contributed by atoms with E-state index in [2.05, 4.69) is 55.6 Å². The molecule has 10 nitrogen and oxygen atoms in total. The van der Waals surface area contributed by atoms with Gasteiger partial charge in [0, 0.05) is 25.2 Å². The fourth-order valence-electron chi connectivity index (χ4n) is 7.16. The van der Waals surface area contributed by atoms with E-state index in [1.165, 1.54) is 6.08 Å². The molecule has 3 aliphatic carbocycles. The molecule has 1 saturated heterocycles. The maximum Gasteiger partial charge on any atom is 0.481 e. The van der Waals surface area contributed by atoms with Crippen LogP contribution in [0.25, 0.3) is 6.08 Å². The molecule has 5 N–H and O–H groups in total. The van der Waals surface area contributed by atoms with E-state index in [-0.39, 0.29) is 34.9 Å². The summed E-state index contributed by atoms with van der Waals surface area (Å²) in [5.74, 6) is 1.37. The van der Waals surface area contributed by atoms with Gasteiger partial charge in [0.25, 0.3) is 0 Å². The SMILES string of the molecule is CN=C(N)NCCC[C@H](NC(=O)/C=C\c1ccccc1OC)C(=O)N[C@@H](CC(C)C)B1O[C@@H]2C[C@@H]3C[C@@H](C3(C)C)[C@]2(C)O1. The summed E-state index contributed by atoms with van der Waals surface area (Å²) >= 11 is 0. The second-order valence-electron chi connectivity index (χ2n) is 13.4. The van der Waals surface area contributed by atoms with Crippen molar-refractivity contribution in [1.29, 1.82) is 0 Å². The Kier molecular flexibility index (Phi) is 10.5. The van der Waals surface area contributed by atoms with Gasteiger partial charge in [-0.15, -0.1) is 0 Å². The van der Waals surface area contributed by atoms with Crippen molar-refractivity contribution in [2.75, 3.05) is 20.7 Å². The highest BCUT2D eigenvalue weighted by Crippen LogP contribution is 2.65. The van der Waals surface area contributed by atoms with Gasteiger partial charge in [0.15, 0.2) is 5.96 Å². The molecule has 0 unspecified atom stereocenters. The minimum Gasteiger partial charge on any atom is -0.496 e. The molecule has 0 radical (unpaired) electrons. The Labute approximate surface area is 257 Å². The summed E-state index contributed by atoms with van der Waals surface area (Å²) in [6.07, 6.45) is 6.95. The third kappa shape index (κ3) is 7.37. The predicted octanol–water partition coefficient (Wildman–Crippen LogP) is 3.31. The first-order valence-electron chi connectivity index (χ1n) is 15.6. The number of hydrogen-bond donors (Lipinski definition) is 4. The molecule has 4 aliphatic rings. The largest absolute Gasteiger partial charge is 0.496 e. The van der Waals surface area contributed by atoms with Crippen molar-refractivity contribution < 1.29 is 23.6 Å². The zero-order valence-electron chi connectivity index (χ0n) is 26.8. The van der Waals surface area contributed by atoms with Crippen molar-refractivity contribution in [3.8, 4) is 5.75 Å². The minimum absolute atomic E-state index is 0.0215. The maximum atomic E-state index is 13.8. The minimum atomic E-state index is -0.767. The van der Waals surface area contributed by atoms with E-state index < -0.39 is 13.2 Å². The predicted molar refractivity (Wildman–Crippen MR) is 170 cm³/mol. The van der Waals surface area contributed by atoms with Crippen LogP contribution in [0.5, 0.6) is 5.75 Å². The number of nitrogens with one attached hydrogen (secondary N) is 3. The van der Waals surface area contributed by atoms with E-state index in [0.717, 1.165) is 18.4 Å². The van der Waals surface area contributed by atoms with Crippen molar-refractivity contribution >= 4 is 31.0 Å². The maximum absolute atomic E-state index is 13.8. The normalized spacial score (nSPS) is 27.3. The van der Waals surface area contributed by atoms with Gasteiger partial charge < -0.3 is 35.7 Å². The first kappa shape index (κ1) is 32.9. The van der Waals surface area contributed by atoms with Crippen LogP contribution in [0.15, 0.2) is 35.3 Å². The lowest BCUT2D eigenvalue weighted by Gasteiger charge is -2.64. The van der Waals surface area contributed by atoms with Crippen molar-refractivity contribution in [2.45, 2.75) is 90.4 Å². The molecule has 0 spiro atoms. The molecule has 4 fully saturated rings. The zero-order valence-corrected chi connectivity index (χ0v) is 26.8. The van der Waals surface area contributed by atoms with Crippen LogP contribution in [0.4, 0.5) is 0 Å². The monoisotopic (exact) mass is 595 g/mol. The number of para-hydroxylation sites is 1. The molecular weight excluding hydrogens is 545 g/mol. The molecule has 5 rings (SSSR count). The third-order valence-corrected chi connectivity index (χ3v) is 9.75. The van der Waals surface area contributed by atoms with Crippen molar-refractivity contribution in [2.24, 2.45) is 33.9 Å². The van der Waals surface area contributed by atoms with Crippen LogP contribution in [-0.4, -0.2) is 69.3 Å². The molecule has 43 heavy (non-hydrogen) atoms. The Morgan fingerprint density at radius 2 is 1.95 bits per heavy atom. The molecule has 2 bridgehead atoms. The van der Waals surface area contributed by atoms with Gasteiger partial charge in [0.1, 0.15) is 11.8 Å². The van der Waals surface area contributed by atoms with Gasteiger partial charge in [-0.3, -0.25) is 14.6 Å². The quantitative estimate of drug-likeness (QED) is 0.0904. The lowest BCUT2D eigenvalue weighted by molar-refractivity contribution is -0.199. The van der Waals surface area contributed by atoms with Gasteiger partial charge in [-0.2, -0.15) is 0 Å². The number of aliphatic imine (C=N–C) groups is 1. The van der Waals surface area contributed by atoms with E-state index in [0.29, 0.717) is 55.3 Å². The van der Waals surface area contributed by atoms with Gasteiger partial charge >= 0.3 is 7.12 Å². The fraction of sp³-hybridized carbons (Fsp3) is 0.656. The van der Waals surface area contributed by atoms with Crippen LogP contribution in [-0.2, 0) is 18.9 Å². The number of benzene rings is 1. The standard InChI is InChI=1S/C32H50BN5O5/c1-20(2)17-27(33-42-26-19-22-18-25(31(22,3)4)32(26,5)43-33)38-29(40)23(12-10-16-36-30(34)35-6)37-28(39)15-14-21-11-8-9-13-24(21)41-7/h8-9,11,13-15,20,22-23,25-27H,10,12,16-19H2,1-7H3,(H,37,39)(H,38,40)(H3,34,35,36)/b15-14-/t22-,23-,25-,26+,27-,32-/m0/s1. The number of hydrogen-bond acceptors (Lipinski definition) is 6. The average molecular weight is 596 g/mol. The molecule has 3 saturated carbocycles. The Hall–Kier alpha value is -3.05. The summed E-state index contributed by atoms with van der Waals surface area (Å²) in [6.45, 7) is 11.6. The molecule has 6 atom stereocenters. The molecule has 236 valence electrons. The molecule has 1 aliphatic heterocycles. The van der Waals surface area contributed by atoms with Crippen molar-refractivity contribution in [3.05, 3.63) is 35.9 Å². The van der Waals surface area contributed by atoms with Crippen LogP contribution < -0.4 is 26.4 Å². The smallest absolute Gasteiger partial charge is 0.481 e. The number of rotatable bonds is 13. The molecule has 2 amide bonds. The fourth-order valence-corrected chi connectivity index (χ4v) is 7.16. The van der Waals surface area contributed by atoms with Gasteiger partial charge in [-0.25, -0.2) is 0 Å². The summed E-state index contributed by atoms with van der Waals surface area (Å²) in [5, 5.41) is 9.13. The van der Waals surface area contributed by atoms with E-state index in [1.807, 2.05) is 24.3 Å². The van der Waals surface area contributed by atoms with Gasteiger partial charge in [-0.05, 0) is 74.3 Å². The van der Waals surface area contributed by atoms with Gasteiger partial charge in [0.05, 0.1) is 24.8 Å². The van der Waals surface area contributed by atoms with Crippen molar-refractivity contribution in [3.63, 3.8) is 0 Å². The van der Waals surface area contributed by atoms with Crippen LogP contribution in [0.1, 0.15) is 72.3 Å². The summed E-state index contributed by atoms with van der Waals surface area (Å²) in [6, 6.07) is 6.66. The highest BCUT2D eigenvalue weighted by atomic mass is 16.7. The Morgan fingerprint density at radius 3 is 2.63 bits per heavy atom. The highest BCUT2D eigenvalue weighted by molar-refractivity contribution is 6.48. The van der Waals surface area contributed by atoms with Crippen LogP contribution in [0, 0.1) is 23.2 Å². The lowest BCUT2D eigenvalue weighted by Crippen LogP contribution is -2.65. The highest BCUT2D eigenvalue weighted by Gasteiger charge is 2.68. The third-order valence-electron chi connectivity index (χ3n) is 9.75. The topological polar surface area (TPSA) is 136 Å². The molecule has 0 aromatic heterocycles. The van der Waals surface area contributed by atoms with Crippen molar-refractivity contribution in [1.82, 2.24) is 16.0 Å². The van der Waals surface area contributed by atoms with E-state index in [1.54, 1.807) is 20.2 Å². The zero-order chi connectivity index (χ0) is 31.4. The first-order valence-corrected chi connectivity index (χ1v) is 15.6. The number of amides is 2. The number of carbonyl (C=O) groups excluding carboxylic acids is 2. The number of nitrogens with zero attached hydrogens (tertiary/aromatic N) is 1. The molecule has 11 heteroatoms. The number of guanidine groups is 1. The van der Waals surface area contributed by atoms with E-state index in [9.17, 15) is 9.59 Å². The second-order valence-corrected chi connectivity index (χ2v) is 13.4. The molecule has 1 aromatic carbocycles. The van der Waals surface area contributed by atoms with Gasteiger partial charge in [0.2, 0.25) is 11.8 Å². The second kappa shape index (κ2) is 13.7. The van der Waals surface area contributed by atoms with E-state index >= 15 is 0 Å². The Morgan fingerprint density at radius 1 is 1.21 bits per heavy atom. The molecule has 1 heterocycles. The summed E-state index contributed by atoms with van der Waals surface area (Å²) in [7, 11) is 2.65. The molecular formula is C32H50BN5O5. The number of carbonyl (C=O) groups is 2. The summed E-state index contributed by atoms with van der Waals surface area (Å²) < 4.78 is 18.7. The number of ether oxygens (including phenoxy) is 1. The summed E-state index contributed by atoms with van der Waals surface area (Å²) in [5.41, 5.74) is 6.39. The van der Waals surface area contributed by atoms with Crippen LogP contribution in [0.3, 0.4) is 0 Å². The lowest BCUT2D eigenvalue weighted by atomic mass is 9.43. The Bertz CT molecular complexity index is 1210. The number of methoxy groups -OCH3 is 1. The number of nitrogens with two attached hydrogens (primary N) is 1. The Balaban J connectivity index is 1.46. The average Bonchev–Trinajstić information content (AvgIpc) is 3.34. The first-order chi connectivity index (χ1) is 20.4.